The molecule has 0 unspecified atom stereocenters. The van der Waals surface area contributed by atoms with Gasteiger partial charge in [0.1, 0.15) is 0 Å². The van der Waals surface area contributed by atoms with Crippen LogP contribution in [-0.2, 0) is 9.53 Å². The first-order chi connectivity index (χ1) is 7.54. The van der Waals surface area contributed by atoms with Crippen molar-refractivity contribution in [3.8, 4) is 0 Å². The Bertz CT molecular complexity index is 379. The molecule has 0 fully saturated rings. The molecule has 0 aromatic heterocycles. The minimum Gasteiger partial charge on any atom is -0.469 e. The first-order valence-electron chi connectivity index (χ1n) is 5.08. The summed E-state index contributed by atoms with van der Waals surface area (Å²) >= 11 is 3.46. The second kappa shape index (κ2) is 5.89. The highest BCUT2D eigenvalue weighted by Gasteiger charge is 2.06. The van der Waals surface area contributed by atoms with Gasteiger partial charge in [0.2, 0.25) is 0 Å². The highest BCUT2D eigenvalue weighted by Crippen LogP contribution is 2.22. The van der Waals surface area contributed by atoms with Crippen LogP contribution in [-0.4, -0.2) is 26.7 Å². The van der Waals surface area contributed by atoms with Gasteiger partial charge in [-0.2, -0.15) is 0 Å². The molecule has 3 nitrogen and oxygen atoms in total. The number of rotatable bonds is 4. The molecule has 0 aliphatic carbocycles. The molecule has 0 heterocycles. The van der Waals surface area contributed by atoms with E-state index in [-0.39, 0.29) is 5.97 Å². The van der Waals surface area contributed by atoms with E-state index in [0.29, 0.717) is 13.0 Å². The van der Waals surface area contributed by atoms with Gasteiger partial charge in [0.15, 0.2) is 0 Å². The van der Waals surface area contributed by atoms with E-state index < -0.39 is 0 Å². The van der Waals surface area contributed by atoms with E-state index in [0.717, 1.165) is 10.2 Å². The Morgan fingerprint density at radius 1 is 1.50 bits per heavy atom. The third-order valence-corrected chi connectivity index (χ3v) is 3.35. The molecule has 0 atom stereocenters. The minimum absolute atomic E-state index is 0.180. The van der Waals surface area contributed by atoms with Gasteiger partial charge in [-0.3, -0.25) is 4.79 Å². The van der Waals surface area contributed by atoms with E-state index in [1.54, 1.807) is 0 Å². The van der Waals surface area contributed by atoms with E-state index in [9.17, 15) is 4.79 Å². The highest BCUT2D eigenvalue weighted by molar-refractivity contribution is 9.10. The molecule has 1 rings (SSSR count). The zero-order chi connectivity index (χ0) is 12.1. The predicted molar refractivity (Wildman–Crippen MR) is 68.8 cm³/mol. The summed E-state index contributed by atoms with van der Waals surface area (Å²) in [6, 6.07) is 6.12. The van der Waals surface area contributed by atoms with Crippen LogP contribution in [0.4, 0.5) is 5.69 Å². The standard InChI is InChI=1S/C12H16BrNO2/c1-9-8-10(4-5-11(9)13)14(2)7-6-12(15)16-3/h4-5,8H,6-7H2,1-3H3. The molecule has 0 radical (unpaired) electrons. The maximum Gasteiger partial charge on any atom is 0.307 e. The summed E-state index contributed by atoms with van der Waals surface area (Å²) < 4.78 is 5.70. The summed E-state index contributed by atoms with van der Waals surface area (Å²) in [6.45, 7) is 2.70. The van der Waals surface area contributed by atoms with E-state index >= 15 is 0 Å². The molecule has 1 aromatic rings. The number of esters is 1. The van der Waals surface area contributed by atoms with Crippen molar-refractivity contribution >= 4 is 27.6 Å². The van der Waals surface area contributed by atoms with Gasteiger partial charge in [-0.15, -0.1) is 0 Å². The third kappa shape index (κ3) is 3.52. The number of hydrogen-bond acceptors (Lipinski definition) is 3. The van der Waals surface area contributed by atoms with Gasteiger partial charge < -0.3 is 9.64 Å². The summed E-state index contributed by atoms with van der Waals surface area (Å²) in [5.41, 5.74) is 2.28. The first kappa shape index (κ1) is 13.0. The predicted octanol–water partition coefficient (Wildman–Crippen LogP) is 2.76. The van der Waals surface area contributed by atoms with Gasteiger partial charge in [0.25, 0.3) is 0 Å². The SMILES string of the molecule is COC(=O)CCN(C)c1ccc(Br)c(C)c1. The number of nitrogens with zero attached hydrogens (tertiary/aromatic N) is 1. The lowest BCUT2D eigenvalue weighted by atomic mass is 10.2. The van der Waals surface area contributed by atoms with Crippen LogP contribution in [0.2, 0.25) is 0 Å². The van der Waals surface area contributed by atoms with Crippen LogP contribution in [0.5, 0.6) is 0 Å². The van der Waals surface area contributed by atoms with Gasteiger partial charge in [0, 0.05) is 23.8 Å². The quantitative estimate of drug-likeness (QED) is 0.797. The van der Waals surface area contributed by atoms with Gasteiger partial charge in [-0.25, -0.2) is 0 Å². The first-order valence-corrected chi connectivity index (χ1v) is 5.88. The number of ether oxygens (including phenoxy) is 1. The topological polar surface area (TPSA) is 29.5 Å². The second-order valence-electron chi connectivity index (χ2n) is 3.68. The summed E-state index contributed by atoms with van der Waals surface area (Å²) in [5.74, 6) is -0.180. The second-order valence-corrected chi connectivity index (χ2v) is 4.54. The van der Waals surface area contributed by atoms with Gasteiger partial charge >= 0.3 is 5.97 Å². The highest BCUT2D eigenvalue weighted by atomic mass is 79.9. The normalized spacial score (nSPS) is 10.0. The molecule has 0 saturated heterocycles. The Labute approximate surface area is 105 Å². The van der Waals surface area contributed by atoms with Crippen LogP contribution in [0.15, 0.2) is 22.7 Å². The van der Waals surface area contributed by atoms with Crippen molar-refractivity contribution in [2.45, 2.75) is 13.3 Å². The molecule has 0 aliphatic heterocycles. The average molecular weight is 286 g/mol. The fraction of sp³-hybridized carbons (Fsp3) is 0.417. The Morgan fingerprint density at radius 3 is 2.75 bits per heavy atom. The Hall–Kier alpha value is -1.03. The molecule has 0 bridgehead atoms. The molecule has 0 aliphatic rings. The number of methoxy groups -OCH3 is 1. The molecule has 1 aromatic carbocycles. The van der Waals surface area contributed by atoms with Crippen molar-refractivity contribution in [1.82, 2.24) is 0 Å². The van der Waals surface area contributed by atoms with Crippen molar-refractivity contribution in [1.29, 1.82) is 0 Å². The number of halogens is 1. The Kier molecular flexibility index (Phi) is 4.80. The van der Waals surface area contributed by atoms with Crippen LogP contribution in [0.3, 0.4) is 0 Å². The number of aryl methyl sites for hydroxylation is 1. The Balaban J connectivity index is 2.62. The number of carbonyl (C=O) groups excluding carboxylic acids is 1. The van der Waals surface area contributed by atoms with Crippen LogP contribution < -0.4 is 4.90 Å². The number of hydrogen-bond donors (Lipinski definition) is 0. The van der Waals surface area contributed by atoms with Crippen molar-refractivity contribution in [3.63, 3.8) is 0 Å². The number of benzene rings is 1. The van der Waals surface area contributed by atoms with Gasteiger partial charge in [0.05, 0.1) is 13.5 Å². The zero-order valence-electron chi connectivity index (χ0n) is 9.79. The van der Waals surface area contributed by atoms with Crippen LogP contribution in [0, 0.1) is 6.92 Å². The van der Waals surface area contributed by atoms with Crippen molar-refractivity contribution < 1.29 is 9.53 Å². The number of anilines is 1. The van der Waals surface area contributed by atoms with Crippen molar-refractivity contribution in [2.24, 2.45) is 0 Å². The smallest absolute Gasteiger partial charge is 0.307 e. The van der Waals surface area contributed by atoms with E-state index in [1.165, 1.54) is 12.7 Å². The maximum absolute atomic E-state index is 11.0. The maximum atomic E-state index is 11.0. The largest absolute Gasteiger partial charge is 0.469 e. The van der Waals surface area contributed by atoms with Crippen LogP contribution >= 0.6 is 15.9 Å². The molecule has 0 spiro atoms. The summed E-state index contributed by atoms with van der Waals surface area (Å²) in [5, 5.41) is 0. The molecule has 88 valence electrons. The zero-order valence-corrected chi connectivity index (χ0v) is 11.4. The lowest BCUT2D eigenvalue weighted by molar-refractivity contribution is -0.140. The molecular weight excluding hydrogens is 270 g/mol. The summed E-state index contributed by atoms with van der Waals surface area (Å²) in [7, 11) is 3.37. The van der Waals surface area contributed by atoms with Crippen LogP contribution in [0.25, 0.3) is 0 Å². The molecule has 0 N–H and O–H groups in total. The van der Waals surface area contributed by atoms with E-state index in [4.69, 9.17) is 0 Å². The van der Waals surface area contributed by atoms with E-state index in [2.05, 4.69) is 26.7 Å². The van der Waals surface area contributed by atoms with E-state index in [1.807, 2.05) is 31.0 Å². The average Bonchev–Trinajstić information content (AvgIpc) is 2.29. The van der Waals surface area contributed by atoms with Gasteiger partial charge in [-0.1, -0.05) is 15.9 Å². The Morgan fingerprint density at radius 2 is 2.19 bits per heavy atom. The summed E-state index contributed by atoms with van der Waals surface area (Å²) in [4.78, 5) is 13.1. The third-order valence-electron chi connectivity index (χ3n) is 2.46. The summed E-state index contributed by atoms with van der Waals surface area (Å²) in [6.07, 6.45) is 0.405. The van der Waals surface area contributed by atoms with Crippen molar-refractivity contribution in [3.05, 3.63) is 28.2 Å². The lowest BCUT2D eigenvalue weighted by Crippen LogP contribution is -2.21. The van der Waals surface area contributed by atoms with Crippen LogP contribution in [0.1, 0.15) is 12.0 Å². The monoisotopic (exact) mass is 285 g/mol. The molecule has 0 saturated carbocycles. The molecule has 0 amide bonds. The number of carbonyl (C=O) groups is 1. The fourth-order valence-electron chi connectivity index (χ4n) is 1.36. The molecular formula is C12H16BrNO2. The van der Waals surface area contributed by atoms with Crippen molar-refractivity contribution in [2.75, 3.05) is 25.6 Å². The fourth-order valence-corrected chi connectivity index (χ4v) is 1.60. The van der Waals surface area contributed by atoms with Gasteiger partial charge in [-0.05, 0) is 30.7 Å². The molecule has 16 heavy (non-hydrogen) atoms. The molecule has 4 heteroatoms. The lowest BCUT2D eigenvalue weighted by Gasteiger charge is -2.19. The minimum atomic E-state index is -0.180.